The molecule has 130 valence electrons. The number of hydrogen-bond donors (Lipinski definition) is 2. The van der Waals surface area contributed by atoms with Crippen molar-refractivity contribution in [3.8, 4) is 0 Å². The van der Waals surface area contributed by atoms with Gasteiger partial charge in [-0.05, 0) is 39.5 Å². The molecule has 2 atom stereocenters. The van der Waals surface area contributed by atoms with Crippen molar-refractivity contribution in [2.75, 3.05) is 13.1 Å². The van der Waals surface area contributed by atoms with Gasteiger partial charge in [-0.1, -0.05) is 6.42 Å². The standard InChI is InChI=1S/C17H30N4O2/c1-17(2,3)23-16(22)20-12-13-6-5-7-14(13)18-9-8-15-19-10-11-21(15)4/h10-11,13-14,18H,5-9,12H2,1-4H3,(H,20,22). The minimum atomic E-state index is -0.445. The normalized spacial score (nSPS) is 21.4. The summed E-state index contributed by atoms with van der Waals surface area (Å²) in [6, 6.07) is 0.463. The second-order valence-corrected chi connectivity index (χ2v) is 7.34. The third kappa shape index (κ3) is 5.86. The average Bonchev–Trinajstić information content (AvgIpc) is 3.04. The largest absolute Gasteiger partial charge is 0.444 e. The average molecular weight is 322 g/mol. The van der Waals surface area contributed by atoms with E-state index in [2.05, 4.69) is 20.2 Å². The van der Waals surface area contributed by atoms with Crippen LogP contribution in [0.4, 0.5) is 4.79 Å². The van der Waals surface area contributed by atoms with Gasteiger partial charge in [0.25, 0.3) is 0 Å². The molecule has 2 unspecified atom stereocenters. The summed E-state index contributed by atoms with van der Waals surface area (Å²) in [6.07, 6.45) is 7.93. The fourth-order valence-corrected chi connectivity index (χ4v) is 3.09. The first-order valence-corrected chi connectivity index (χ1v) is 8.51. The topological polar surface area (TPSA) is 68.2 Å². The fraction of sp³-hybridized carbons (Fsp3) is 0.765. The zero-order valence-corrected chi connectivity index (χ0v) is 14.8. The Kier molecular flexibility index (Phi) is 6.04. The second-order valence-electron chi connectivity index (χ2n) is 7.34. The Balaban J connectivity index is 1.70. The molecule has 2 N–H and O–H groups in total. The molecule has 1 heterocycles. The van der Waals surface area contributed by atoms with E-state index < -0.39 is 5.60 Å². The van der Waals surface area contributed by atoms with Gasteiger partial charge in [-0.25, -0.2) is 9.78 Å². The van der Waals surface area contributed by atoms with E-state index in [1.807, 2.05) is 40.2 Å². The van der Waals surface area contributed by atoms with Crippen LogP contribution in [0.15, 0.2) is 12.4 Å². The molecule has 1 aliphatic carbocycles. The Bertz CT molecular complexity index is 507. The van der Waals surface area contributed by atoms with Gasteiger partial charge in [-0.3, -0.25) is 0 Å². The van der Waals surface area contributed by atoms with Crippen molar-refractivity contribution < 1.29 is 9.53 Å². The number of amides is 1. The molecular formula is C17H30N4O2. The van der Waals surface area contributed by atoms with E-state index in [0.29, 0.717) is 18.5 Å². The summed E-state index contributed by atoms with van der Waals surface area (Å²) in [4.78, 5) is 16.1. The maximum atomic E-state index is 11.8. The lowest BCUT2D eigenvalue weighted by molar-refractivity contribution is 0.0517. The van der Waals surface area contributed by atoms with Crippen molar-refractivity contribution in [2.24, 2.45) is 13.0 Å². The van der Waals surface area contributed by atoms with Crippen LogP contribution in [0.3, 0.4) is 0 Å². The monoisotopic (exact) mass is 322 g/mol. The Hall–Kier alpha value is -1.56. The van der Waals surface area contributed by atoms with Crippen molar-refractivity contribution in [3.05, 3.63) is 18.2 Å². The van der Waals surface area contributed by atoms with Gasteiger partial charge < -0.3 is 19.9 Å². The lowest BCUT2D eigenvalue weighted by Gasteiger charge is -2.23. The highest BCUT2D eigenvalue weighted by atomic mass is 16.6. The quantitative estimate of drug-likeness (QED) is 0.843. The van der Waals surface area contributed by atoms with Gasteiger partial charge >= 0.3 is 6.09 Å². The molecule has 0 aliphatic heterocycles. The lowest BCUT2D eigenvalue weighted by atomic mass is 10.0. The summed E-state index contributed by atoms with van der Waals surface area (Å²) in [5.74, 6) is 1.57. The van der Waals surface area contributed by atoms with E-state index in [4.69, 9.17) is 4.74 Å². The first kappa shape index (κ1) is 17.8. The van der Waals surface area contributed by atoms with Crippen molar-refractivity contribution in [2.45, 2.75) is 58.1 Å². The lowest BCUT2D eigenvalue weighted by Crippen LogP contribution is -2.41. The van der Waals surface area contributed by atoms with E-state index in [-0.39, 0.29) is 6.09 Å². The van der Waals surface area contributed by atoms with Crippen LogP contribution in [0.2, 0.25) is 0 Å². The Morgan fingerprint density at radius 2 is 2.22 bits per heavy atom. The zero-order chi connectivity index (χ0) is 16.9. The number of imidazole rings is 1. The molecule has 1 aromatic heterocycles. The smallest absolute Gasteiger partial charge is 0.407 e. The molecule has 6 heteroatoms. The number of hydrogen-bond acceptors (Lipinski definition) is 4. The van der Waals surface area contributed by atoms with Crippen LogP contribution in [0, 0.1) is 5.92 Å². The number of carbonyl (C=O) groups excluding carboxylic acids is 1. The number of ether oxygens (including phenoxy) is 1. The zero-order valence-electron chi connectivity index (χ0n) is 14.8. The summed E-state index contributed by atoms with van der Waals surface area (Å²) >= 11 is 0. The summed E-state index contributed by atoms with van der Waals surface area (Å²) in [5.41, 5.74) is -0.445. The van der Waals surface area contributed by atoms with E-state index in [1.165, 1.54) is 12.8 Å². The molecule has 0 aromatic carbocycles. The molecular weight excluding hydrogens is 292 g/mol. The van der Waals surface area contributed by atoms with Crippen molar-refractivity contribution in [1.29, 1.82) is 0 Å². The van der Waals surface area contributed by atoms with Crippen LogP contribution < -0.4 is 10.6 Å². The van der Waals surface area contributed by atoms with Gasteiger partial charge in [-0.15, -0.1) is 0 Å². The number of aryl methyl sites for hydroxylation is 1. The van der Waals surface area contributed by atoms with E-state index >= 15 is 0 Å². The molecule has 23 heavy (non-hydrogen) atoms. The summed E-state index contributed by atoms with van der Waals surface area (Å²) < 4.78 is 7.35. The highest BCUT2D eigenvalue weighted by molar-refractivity contribution is 5.67. The number of aromatic nitrogens is 2. The maximum absolute atomic E-state index is 11.8. The predicted molar refractivity (Wildman–Crippen MR) is 90.3 cm³/mol. The molecule has 1 amide bonds. The number of carbonyl (C=O) groups is 1. The molecule has 6 nitrogen and oxygen atoms in total. The highest BCUT2D eigenvalue weighted by Gasteiger charge is 2.27. The minimum Gasteiger partial charge on any atom is -0.444 e. The molecule has 1 saturated carbocycles. The van der Waals surface area contributed by atoms with Crippen LogP contribution in [-0.4, -0.2) is 40.4 Å². The van der Waals surface area contributed by atoms with Gasteiger partial charge in [-0.2, -0.15) is 0 Å². The first-order chi connectivity index (χ1) is 10.8. The van der Waals surface area contributed by atoms with Gasteiger partial charge in [0.1, 0.15) is 11.4 Å². The summed E-state index contributed by atoms with van der Waals surface area (Å²) in [5, 5.41) is 6.53. The fourth-order valence-electron chi connectivity index (χ4n) is 3.09. The molecule has 1 fully saturated rings. The van der Waals surface area contributed by atoms with Crippen LogP contribution in [0.5, 0.6) is 0 Å². The van der Waals surface area contributed by atoms with Crippen molar-refractivity contribution in [1.82, 2.24) is 20.2 Å². The van der Waals surface area contributed by atoms with Crippen LogP contribution in [0.25, 0.3) is 0 Å². The number of alkyl carbamates (subject to hydrolysis) is 1. The van der Waals surface area contributed by atoms with E-state index in [9.17, 15) is 4.79 Å². The third-order valence-corrected chi connectivity index (χ3v) is 4.24. The molecule has 1 aliphatic rings. The van der Waals surface area contributed by atoms with E-state index in [1.54, 1.807) is 0 Å². The van der Waals surface area contributed by atoms with Crippen LogP contribution in [0.1, 0.15) is 45.9 Å². The first-order valence-electron chi connectivity index (χ1n) is 8.51. The van der Waals surface area contributed by atoms with Crippen molar-refractivity contribution in [3.63, 3.8) is 0 Å². The van der Waals surface area contributed by atoms with E-state index in [0.717, 1.165) is 25.2 Å². The predicted octanol–water partition coefficient (Wildman–Crippen LogP) is 2.25. The number of nitrogens with zero attached hydrogens (tertiary/aromatic N) is 2. The summed E-state index contributed by atoms with van der Waals surface area (Å²) in [6.45, 7) is 7.23. The second kappa shape index (κ2) is 7.81. The SMILES string of the molecule is Cn1ccnc1CCNC1CCCC1CNC(=O)OC(C)(C)C. The van der Waals surface area contributed by atoms with Gasteiger partial charge in [0.2, 0.25) is 0 Å². The molecule has 0 spiro atoms. The van der Waals surface area contributed by atoms with Gasteiger partial charge in [0.15, 0.2) is 0 Å². The highest BCUT2D eigenvalue weighted by Crippen LogP contribution is 2.25. The third-order valence-electron chi connectivity index (χ3n) is 4.24. The minimum absolute atomic E-state index is 0.323. The summed E-state index contributed by atoms with van der Waals surface area (Å²) in [7, 11) is 2.02. The molecule has 0 saturated heterocycles. The molecule has 0 bridgehead atoms. The molecule has 2 rings (SSSR count). The van der Waals surface area contributed by atoms with Crippen LogP contribution in [-0.2, 0) is 18.2 Å². The van der Waals surface area contributed by atoms with Gasteiger partial charge in [0, 0.05) is 45.0 Å². The van der Waals surface area contributed by atoms with Gasteiger partial charge in [0.05, 0.1) is 0 Å². The van der Waals surface area contributed by atoms with Crippen LogP contribution >= 0.6 is 0 Å². The molecule has 0 radical (unpaired) electrons. The number of rotatable bonds is 6. The Labute approximate surface area is 139 Å². The maximum Gasteiger partial charge on any atom is 0.407 e. The Morgan fingerprint density at radius 1 is 1.43 bits per heavy atom. The number of nitrogens with one attached hydrogen (secondary N) is 2. The van der Waals surface area contributed by atoms with Crippen molar-refractivity contribution >= 4 is 6.09 Å². The molecule has 1 aromatic rings. The Morgan fingerprint density at radius 3 is 2.87 bits per heavy atom.